The van der Waals surface area contributed by atoms with Crippen LogP contribution in [0.4, 0.5) is 0 Å². The van der Waals surface area contributed by atoms with Crippen LogP contribution in [0, 0.1) is 5.92 Å². The molecular formula is C15H32N4O3S. The zero-order valence-electron chi connectivity index (χ0n) is 14.9. The van der Waals surface area contributed by atoms with Crippen molar-refractivity contribution in [2.24, 2.45) is 10.9 Å². The van der Waals surface area contributed by atoms with Gasteiger partial charge in [0.05, 0.1) is 18.9 Å². The van der Waals surface area contributed by atoms with Gasteiger partial charge >= 0.3 is 0 Å². The highest BCUT2D eigenvalue weighted by Crippen LogP contribution is 2.16. The Morgan fingerprint density at radius 3 is 2.61 bits per heavy atom. The molecule has 0 saturated carbocycles. The lowest BCUT2D eigenvalue weighted by molar-refractivity contribution is 0.157. The van der Waals surface area contributed by atoms with Crippen LogP contribution in [0.1, 0.15) is 27.2 Å². The number of ether oxygens (including phenoxy) is 1. The molecule has 0 amide bonds. The van der Waals surface area contributed by atoms with E-state index in [2.05, 4.69) is 15.2 Å². The van der Waals surface area contributed by atoms with Gasteiger partial charge in [0.15, 0.2) is 5.96 Å². The monoisotopic (exact) mass is 348 g/mol. The minimum atomic E-state index is -3.22. The predicted octanol–water partition coefficient (Wildman–Crippen LogP) is 0.592. The van der Waals surface area contributed by atoms with Crippen LogP contribution in [-0.4, -0.2) is 82.3 Å². The molecule has 1 fully saturated rings. The number of methoxy groups -OCH3 is 1. The van der Waals surface area contributed by atoms with Crippen LogP contribution in [0.15, 0.2) is 4.99 Å². The Morgan fingerprint density at radius 1 is 1.35 bits per heavy atom. The zero-order valence-corrected chi connectivity index (χ0v) is 15.7. The molecule has 0 aromatic rings. The van der Waals surface area contributed by atoms with Gasteiger partial charge in [-0.3, -0.25) is 4.99 Å². The molecule has 7 nitrogen and oxygen atoms in total. The fourth-order valence-electron chi connectivity index (χ4n) is 2.84. The topological polar surface area (TPSA) is 74.2 Å². The van der Waals surface area contributed by atoms with Crippen LogP contribution in [0.3, 0.4) is 0 Å². The summed E-state index contributed by atoms with van der Waals surface area (Å²) in [5.41, 5.74) is 0. The number of hydrogen-bond acceptors (Lipinski definition) is 4. The number of nitrogens with one attached hydrogen (secondary N) is 1. The highest BCUT2D eigenvalue weighted by Gasteiger charge is 2.25. The lowest BCUT2D eigenvalue weighted by Crippen LogP contribution is -2.41. The SMILES string of the molecule is CCNC(=NCCS(=O)(=O)N(CC)CC)N1CCC(COC)C1. The van der Waals surface area contributed by atoms with Gasteiger partial charge in [-0.15, -0.1) is 0 Å². The summed E-state index contributed by atoms with van der Waals surface area (Å²) in [4.78, 5) is 6.70. The fraction of sp³-hybridized carbons (Fsp3) is 0.933. The molecule has 1 saturated heterocycles. The molecule has 1 N–H and O–H groups in total. The average molecular weight is 349 g/mol. The molecule has 1 aliphatic rings. The van der Waals surface area contributed by atoms with Crippen LogP contribution in [0.2, 0.25) is 0 Å². The molecule has 1 atom stereocenters. The van der Waals surface area contributed by atoms with Crippen molar-refractivity contribution in [2.45, 2.75) is 27.2 Å². The van der Waals surface area contributed by atoms with Crippen molar-refractivity contribution in [3.63, 3.8) is 0 Å². The number of rotatable bonds is 9. The molecule has 0 radical (unpaired) electrons. The first-order valence-electron chi connectivity index (χ1n) is 8.48. The molecular weight excluding hydrogens is 316 g/mol. The molecule has 1 rings (SSSR count). The number of hydrogen-bond donors (Lipinski definition) is 1. The van der Waals surface area contributed by atoms with Gasteiger partial charge in [0.2, 0.25) is 10.0 Å². The number of aliphatic imine (C=N–C) groups is 1. The molecule has 1 heterocycles. The lowest BCUT2D eigenvalue weighted by atomic mass is 10.1. The fourth-order valence-corrected chi connectivity index (χ4v) is 4.20. The summed E-state index contributed by atoms with van der Waals surface area (Å²) < 4.78 is 31.1. The summed E-state index contributed by atoms with van der Waals surface area (Å²) in [6.07, 6.45) is 1.08. The Labute approximate surface area is 141 Å². The zero-order chi connectivity index (χ0) is 17.3. The number of sulfonamides is 1. The maximum atomic E-state index is 12.2. The summed E-state index contributed by atoms with van der Waals surface area (Å²) in [5.74, 6) is 1.38. The third kappa shape index (κ3) is 6.27. The quantitative estimate of drug-likeness (QED) is 0.488. The standard InChI is InChI=1S/C15H32N4O3S/c1-5-16-15(18-10-8-14(12-18)13-22-4)17-9-11-23(20,21)19(6-2)7-3/h14H,5-13H2,1-4H3,(H,16,17). The average Bonchev–Trinajstić information content (AvgIpc) is 2.96. The van der Waals surface area contributed by atoms with E-state index >= 15 is 0 Å². The molecule has 136 valence electrons. The Balaban J connectivity index is 2.62. The second kappa shape index (κ2) is 10.1. The van der Waals surface area contributed by atoms with Crippen molar-refractivity contribution in [2.75, 3.05) is 58.7 Å². The van der Waals surface area contributed by atoms with Crippen molar-refractivity contribution < 1.29 is 13.2 Å². The minimum absolute atomic E-state index is 0.0545. The minimum Gasteiger partial charge on any atom is -0.384 e. The van der Waals surface area contributed by atoms with Crippen LogP contribution in [0.25, 0.3) is 0 Å². The molecule has 0 bridgehead atoms. The first-order chi connectivity index (χ1) is 11.0. The Hall–Kier alpha value is -0.860. The highest BCUT2D eigenvalue weighted by molar-refractivity contribution is 7.89. The van der Waals surface area contributed by atoms with Crippen molar-refractivity contribution >= 4 is 16.0 Å². The Kier molecular flexibility index (Phi) is 8.86. The maximum Gasteiger partial charge on any atom is 0.215 e. The van der Waals surface area contributed by atoms with E-state index in [1.807, 2.05) is 20.8 Å². The van der Waals surface area contributed by atoms with Gasteiger partial charge in [-0.25, -0.2) is 12.7 Å². The molecule has 0 spiro atoms. The van der Waals surface area contributed by atoms with Crippen LogP contribution < -0.4 is 5.32 Å². The molecule has 23 heavy (non-hydrogen) atoms. The van der Waals surface area contributed by atoms with E-state index in [9.17, 15) is 8.42 Å². The number of guanidine groups is 1. The summed E-state index contributed by atoms with van der Waals surface area (Å²) in [5, 5.41) is 3.26. The first-order valence-corrected chi connectivity index (χ1v) is 10.1. The Morgan fingerprint density at radius 2 is 2.04 bits per heavy atom. The Bertz CT molecular complexity index is 463. The van der Waals surface area contributed by atoms with E-state index in [1.165, 1.54) is 4.31 Å². The van der Waals surface area contributed by atoms with Crippen molar-refractivity contribution in [3.8, 4) is 0 Å². The molecule has 1 aliphatic heterocycles. The predicted molar refractivity (Wildman–Crippen MR) is 94.2 cm³/mol. The van der Waals surface area contributed by atoms with E-state index < -0.39 is 10.0 Å². The first kappa shape index (κ1) is 20.2. The highest BCUT2D eigenvalue weighted by atomic mass is 32.2. The normalized spacial score (nSPS) is 19.6. The third-order valence-corrected chi connectivity index (χ3v) is 6.03. The second-order valence-electron chi connectivity index (χ2n) is 5.69. The van der Waals surface area contributed by atoms with Crippen LogP contribution in [0.5, 0.6) is 0 Å². The molecule has 8 heteroatoms. The second-order valence-corrected chi connectivity index (χ2v) is 7.78. The maximum absolute atomic E-state index is 12.2. The summed E-state index contributed by atoms with van der Waals surface area (Å²) in [7, 11) is -1.49. The largest absolute Gasteiger partial charge is 0.384 e. The summed E-state index contributed by atoms with van der Waals surface area (Å²) >= 11 is 0. The van der Waals surface area contributed by atoms with Gasteiger partial charge in [0, 0.05) is 45.8 Å². The van der Waals surface area contributed by atoms with Crippen molar-refractivity contribution in [3.05, 3.63) is 0 Å². The van der Waals surface area contributed by atoms with Crippen LogP contribution in [-0.2, 0) is 14.8 Å². The van der Waals surface area contributed by atoms with Crippen molar-refractivity contribution in [1.82, 2.24) is 14.5 Å². The number of likely N-dealkylation sites (tertiary alicyclic amines) is 1. The summed E-state index contributed by atoms with van der Waals surface area (Å²) in [6, 6.07) is 0. The molecule has 0 aliphatic carbocycles. The summed E-state index contributed by atoms with van der Waals surface area (Å²) in [6.45, 7) is 10.4. The molecule has 0 aromatic heterocycles. The third-order valence-electron chi connectivity index (χ3n) is 4.03. The molecule has 0 aromatic carbocycles. The smallest absolute Gasteiger partial charge is 0.215 e. The van der Waals surface area contributed by atoms with Gasteiger partial charge in [-0.05, 0) is 13.3 Å². The van der Waals surface area contributed by atoms with Crippen molar-refractivity contribution in [1.29, 1.82) is 0 Å². The van der Waals surface area contributed by atoms with E-state index in [4.69, 9.17) is 4.74 Å². The van der Waals surface area contributed by atoms with E-state index in [0.29, 0.717) is 19.0 Å². The molecule has 1 unspecified atom stereocenters. The van der Waals surface area contributed by atoms with Gasteiger partial charge in [-0.2, -0.15) is 0 Å². The van der Waals surface area contributed by atoms with Gasteiger partial charge in [0.25, 0.3) is 0 Å². The lowest BCUT2D eigenvalue weighted by Gasteiger charge is -2.22. The van der Waals surface area contributed by atoms with E-state index in [-0.39, 0.29) is 12.3 Å². The van der Waals surface area contributed by atoms with Gasteiger partial charge < -0.3 is 15.0 Å². The van der Waals surface area contributed by atoms with Gasteiger partial charge in [-0.1, -0.05) is 13.8 Å². The van der Waals surface area contributed by atoms with Crippen LogP contribution >= 0.6 is 0 Å². The van der Waals surface area contributed by atoms with E-state index in [0.717, 1.165) is 38.6 Å². The van der Waals surface area contributed by atoms with E-state index in [1.54, 1.807) is 7.11 Å². The number of nitrogens with zero attached hydrogens (tertiary/aromatic N) is 3. The van der Waals surface area contributed by atoms with Gasteiger partial charge in [0.1, 0.15) is 0 Å².